The lowest BCUT2D eigenvalue weighted by Gasteiger charge is -2.36. The van der Waals surface area contributed by atoms with Crippen LogP contribution in [0.3, 0.4) is 0 Å². The van der Waals surface area contributed by atoms with Gasteiger partial charge in [-0.3, -0.25) is 14.6 Å². The highest BCUT2D eigenvalue weighted by atomic mass is 19.4. The summed E-state index contributed by atoms with van der Waals surface area (Å²) in [5.41, 5.74) is 0.890. The Hall–Kier alpha value is -3.24. The van der Waals surface area contributed by atoms with Gasteiger partial charge in [-0.05, 0) is 38.1 Å². The number of amides is 1. The van der Waals surface area contributed by atoms with Crippen LogP contribution in [0.15, 0.2) is 52.9 Å². The highest BCUT2D eigenvalue weighted by Gasteiger charge is 2.34. The summed E-state index contributed by atoms with van der Waals surface area (Å²) in [5.74, 6) is 0.518. The van der Waals surface area contributed by atoms with E-state index < -0.39 is 17.6 Å². The number of hydrogen-bond acceptors (Lipinski definition) is 6. The van der Waals surface area contributed by atoms with Gasteiger partial charge in [-0.25, -0.2) is 0 Å². The third-order valence-corrected chi connectivity index (χ3v) is 5.89. The first-order chi connectivity index (χ1) is 16.2. The number of nitrogens with one attached hydrogen (secondary N) is 1. The summed E-state index contributed by atoms with van der Waals surface area (Å²) in [4.78, 5) is 16.5. The molecule has 1 amide bonds. The second-order valence-corrected chi connectivity index (χ2v) is 8.39. The first-order valence-electron chi connectivity index (χ1n) is 11.0. The number of alkyl halides is 3. The van der Waals surface area contributed by atoms with Crippen LogP contribution in [0.1, 0.15) is 30.0 Å². The van der Waals surface area contributed by atoms with Crippen LogP contribution in [0, 0.1) is 6.92 Å². The first-order valence-corrected chi connectivity index (χ1v) is 11.0. The van der Waals surface area contributed by atoms with Gasteiger partial charge in [0.25, 0.3) is 0 Å². The van der Waals surface area contributed by atoms with E-state index in [0.29, 0.717) is 38.0 Å². The SMILES string of the molecule is Cc1cccc(-c2nnc([C@@H](C)N3CCN(CC(=O)Nc4ccccc4C(F)(F)F)CC3)o2)c1. The van der Waals surface area contributed by atoms with Gasteiger partial charge in [-0.15, -0.1) is 10.2 Å². The van der Waals surface area contributed by atoms with E-state index in [0.717, 1.165) is 17.2 Å². The Labute approximate surface area is 195 Å². The number of benzene rings is 2. The van der Waals surface area contributed by atoms with Crippen molar-refractivity contribution in [1.29, 1.82) is 0 Å². The fourth-order valence-electron chi connectivity index (χ4n) is 4.00. The molecule has 4 rings (SSSR count). The number of hydrogen-bond donors (Lipinski definition) is 1. The normalized spacial score (nSPS) is 16.4. The van der Waals surface area contributed by atoms with Gasteiger partial charge in [0.05, 0.1) is 23.8 Å². The van der Waals surface area contributed by atoms with Crippen LogP contribution in [-0.2, 0) is 11.0 Å². The van der Waals surface area contributed by atoms with Crippen molar-refractivity contribution in [3.05, 3.63) is 65.5 Å². The Morgan fingerprint density at radius 3 is 2.53 bits per heavy atom. The molecule has 1 atom stereocenters. The second kappa shape index (κ2) is 9.94. The van der Waals surface area contributed by atoms with Gasteiger partial charge in [-0.1, -0.05) is 29.8 Å². The van der Waals surface area contributed by atoms with Crippen molar-refractivity contribution in [2.24, 2.45) is 0 Å². The molecule has 1 aliphatic rings. The maximum atomic E-state index is 13.1. The Morgan fingerprint density at radius 2 is 1.82 bits per heavy atom. The van der Waals surface area contributed by atoms with Crippen LogP contribution in [0.2, 0.25) is 0 Å². The molecule has 1 aliphatic heterocycles. The monoisotopic (exact) mass is 473 g/mol. The zero-order valence-corrected chi connectivity index (χ0v) is 19.0. The number of aryl methyl sites for hydroxylation is 1. The summed E-state index contributed by atoms with van der Waals surface area (Å²) < 4.78 is 45.3. The summed E-state index contributed by atoms with van der Waals surface area (Å²) in [6.45, 7) is 6.52. The second-order valence-electron chi connectivity index (χ2n) is 8.39. The van der Waals surface area contributed by atoms with Crippen molar-refractivity contribution in [1.82, 2.24) is 20.0 Å². The minimum absolute atomic E-state index is 0.0203. The maximum Gasteiger partial charge on any atom is 0.418 e. The van der Waals surface area contributed by atoms with Crippen LogP contribution in [0.5, 0.6) is 0 Å². The number of halogens is 3. The predicted molar refractivity (Wildman–Crippen MR) is 121 cm³/mol. The molecule has 2 aromatic carbocycles. The van der Waals surface area contributed by atoms with Crippen LogP contribution >= 0.6 is 0 Å². The van der Waals surface area contributed by atoms with Crippen molar-refractivity contribution in [3.8, 4) is 11.5 Å². The number of rotatable bonds is 6. The number of para-hydroxylation sites is 1. The first kappa shape index (κ1) is 23.9. The molecule has 7 nitrogen and oxygen atoms in total. The van der Waals surface area contributed by atoms with Crippen LogP contribution in [-0.4, -0.2) is 58.6 Å². The molecular formula is C24H26F3N5O2. The molecule has 1 N–H and O–H groups in total. The third-order valence-electron chi connectivity index (χ3n) is 5.89. The molecule has 1 saturated heterocycles. The van der Waals surface area contributed by atoms with Crippen molar-refractivity contribution in [2.45, 2.75) is 26.1 Å². The minimum Gasteiger partial charge on any atom is -0.419 e. The number of nitrogens with zero attached hydrogens (tertiary/aromatic N) is 4. The van der Waals surface area contributed by atoms with Crippen LogP contribution in [0.4, 0.5) is 18.9 Å². The highest BCUT2D eigenvalue weighted by Crippen LogP contribution is 2.34. The van der Waals surface area contributed by atoms with Crippen molar-refractivity contribution in [2.75, 3.05) is 38.0 Å². The number of piperazine rings is 1. The average molecular weight is 473 g/mol. The molecule has 0 unspecified atom stereocenters. The summed E-state index contributed by atoms with van der Waals surface area (Å²) in [6, 6.07) is 12.7. The Balaban J connectivity index is 1.30. The molecule has 0 aliphatic carbocycles. The molecule has 34 heavy (non-hydrogen) atoms. The molecule has 0 saturated carbocycles. The zero-order chi connectivity index (χ0) is 24.3. The van der Waals surface area contributed by atoms with Crippen LogP contribution in [0.25, 0.3) is 11.5 Å². The van der Waals surface area contributed by atoms with E-state index in [9.17, 15) is 18.0 Å². The Morgan fingerprint density at radius 1 is 1.09 bits per heavy atom. The molecule has 1 fully saturated rings. The molecule has 180 valence electrons. The molecular weight excluding hydrogens is 447 g/mol. The topological polar surface area (TPSA) is 74.5 Å². The summed E-state index contributed by atoms with van der Waals surface area (Å²) >= 11 is 0. The molecule has 0 bridgehead atoms. The van der Waals surface area contributed by atoms with E-state index in [1.54, 1.807) is 0 Å². The standard InChI is InChI=1S/C24H26F3N5O2/c1-16-6-5-7-18(14-16)23-30-29-22(34-23)17(2)32-12-10-31(11-13-32)15-21(33)28-20-9-4-3-8-19(20)24(25,26)27/h3-9,14,17H,10-13,15H2,1-2H3,(H,28,33)/t17-/m1/s1. The largest absolute Gasteiger partial charge is 0.419 e. The lowest BCUT2D eigenvalue weighted by atomic mass is 10.1. The Kier molecular flexibility index (Phi) is 6.99. The maximum absolute atomic E-state index is 13.1. The fourth-order valence-corrected chi connectivity index (χ4v) is 4.00. The van der Waals surface area contributed by atoms with Gasteiger partial charge in [-0.2, -0.15) is 13.2 Å². The van der Waals surface area contributed by atoms with Crippen LogP contribution < -0.4 is 5.32 Å². The Bertz CT molecular complexity index is 1140. The number of carbonyl (C=O) groups is 1. The number of carbonyl (C=O) groups excluding carboxylic acids is 1. The lowest BCUT2D eigenvalue weighted by Crippen LogP contribution is -2.49. The predicted octanol–water partition coefficient (Wildman–Crippen LogP) is 4.38. The molecule has 1 aromatic heterocycles. The van der Waals surface area contributed by atoms with Crippen molar-refractivity contribution < 1.29 is 22.4 Å². The lowest BCUT2D eigenvalue weighted by molar-refractivity contribution is -0.137. The molecule has 10 heteroatoms. The van der Waals surface area contributed by atoms with Crippen molar-refractivity contribution >= 4 is 11.6 Å². The molecule has 2 heterocycles. The fraction of sp³-hybridized carbons (Fsp3) is 0.375. The average Bonchev–Trinajstić information content (AvgIpc) is 3.29. The van der Waals surface area contributed by atoms with Gasteiger partial charge >= 0.3 is 6.18 Å². The van der Waals surface area contributed by atoms with Gasteiger partial charge < -0.3 is 9.73 Å². The summed E-state index contributed by atoms with van der Waals surface area (Å²) in [5, 5.41) is 10.8. The number of anilines is 1. The summed E-state index contributed by atoms with van der Waals surface area (Å²) in [6.07, 6.45) is -4.53. The van der Waals surface area contributed by atoms with Gasteiger partial charge in [0.2, 0.25) is 17.7 Å². The van der Waals surface area contributed by atoms with E-state index in [4.69, 9.17) is 4.42 Å². The molecule has 0 spiro atoms. The molecule has 0 radical (unpaired) electrons. The summed E-state index contributed by atoms with van der Waals surface area (Å²) in [7, 11) is 0. The number of aromatic nitrogens is 2. The van der Waals surface area contributed by atoms with Gasteiger partial charge in [0.1, 0.15) is 0 Å². The smallest absolute Gasteiger partial charge is 0.418 e. The van der Waals surface area contributed by atoms with E-state index in [-0.39, 0.29) is 18.3 Å². The highest BCUT2D eigenvalue weighted by molar-refractivity contribution is 5.93. The zero-order valence-electron chi connectivity index (χ0n) is 19.0. The minimum atomic E-state index is -4.53. The van der Waals surface area contributed by atoms with Crippen molar-refractivity contribution in [3.63, 3.8) is 0 Å². The molecule has 3 aromatic rings. The van der Waals surface area contributed by atoms with Gasteiger partial charge in [0, 0.05) is 31.7 Å². The van der Waals surface area contributed by atoms with E-state index in [2.05, 4.69) is 20.4 Å². The van der Waals surface area contributed by atoms with E-state index in [1.807, 2.05) is 43.0 Å². The van der Waals surface area contributed by atoms with E-state index >= 15 is 0 Å². The van der Waals surface area contributed by atoms with Gasteiger partial charge in [0.15, 0.2) is 0 Å². The quantitative estimate of drug-likeness (QED) is 0.573. The van der Waals surface area contributed by atoms with E-state index in [1.165, 1.54) is 18.2 Å². The third kappa shape index (κ3) is 5.63.